The molecule has 2 N–H and O–H groups in total. The number of aromatic nitrogens is 2. The molecule has 2 aromatic rings. The normalized spacial score (nSPS) is 10.8. The Bertz CT molecular complexity index is 486. The monoisotopic (exact) mass is 233 g/mol. The van der Waals surface area contributed by atoms with Crippen LogP contribution in [0.4, 0.5) is 4.39 Å². The fourth-order valence-electron chi connectivity index (χ4n) is 1.80. The minimum Gasteiger partial charge on any atom is -0.308 e. The third-order valence-electron chi connectivity index (χ3n) is 2.86. The third kappa shape index (κ3) is 2.71. The molecule has 0 spiro atoms. The van der Waals surface area contributed by atoms with E-state index in [0.29, 0.717) is 18.7 Å². The second-order valence-electron chi connectivity index (χ2n) is 4.11. The topological polar surface area (TPSA) is 40.7 Å². The number of hydrogen-bond donors (Lipinski definition) is 2. The smallest absolute Gasteiger partial charge is 0.127 e. The summed E-state index contributed by atoms with van der Waals surface area (Å²) < 4.78 is 13.4. The number of nitrogens with one attached hydrogen (secondary N) is 2. The summed E-state index contributed by atoms with van der Waals surface area (Å²) in [5, 5.41) is 10.3. The van der Waals surface area contributed by atoms with Crippen LogP contribution in [0.15, 0.2) is 24.3 Å². The quantitative estimate of drug-likeness (QED) is 0.851. The van der Waals surface area contributed by atoms with Crippen molar-refractivity contribution in [2.24, 2.45) is 0 Å². The summed E-state index contributed by atoms with van der Waals surface area (Å²) in [5.74, 6) is -0.166. The highest BCUT2D eigenvalue weighted by atomic mass is 19.1. The van der Waals surface area contributed by atoms with E-state index in [2.05, 4.69) is 15.5 Å². The summed E-state index contributed by atoms with van der Waals surface area (Å²) in [6, 6.07) is 6.81. The van der Waals surface area contributed by atoms with Gasteiger partial charge in [-0.25, -0.2) is 4.39 Å². The van der Waals surface area contributed by atoms with E-state index >= 15 is 0 Å². The van der Waals surface area contributed by atoms with Gasteiger partial charge in [0, 0.05) is 29.9 Å². The second-order valence-corrected chi connectivity index (χ2v) is 4.11. The van der Waals surface area contributed by atoms with E-state index in [1.54, 1.807) is 12.1 Å². The predicted octanol–water partition coefficient (Wildman–Crippen LogP) is 2.46. The molecule has 1 aromatic carbocycles. The molecule has 0 bridgehead atoms. The van der Waals surface area contributed by atoms with Gasteiger partial charge in [-0.05, 0) is 19.9 Å². The van der Waals surface area contributed by atoms with Gasteiger partial charge < -0.3 is 5.32 Å². The van der Waals surface area contributed by atoms with E-state index in [1.807, 2.05) is 19.9 Å². The van der Waals surface area contributed by atoms with E-state index in [4.69, 9.17) is 0 Å². The highest BCUT2D eigenvalue weighted by Gasteiger charge is 2.06. The van der Waals surface area contributed by atoms with Gasteiger partial charge >= 0.3 is 0 Å². The molecule has 1 heterocycles. The van der Waals surface area contributed by atoms with Crippen molar-refractivity contribution in [3.05, 3.63) is 52.6 Å². The Hall–Kier alpha value is -1.68. The van der Waals surface area contributed by atoms with Crippen LogP contribution in [0.2, 0.25) is 0 Å². The van der Waals surface area contributed by atoms with E-state index in [0.717, 1.165) is 17.0 Å². The van der Waals surface area contributed by atoms with E-state index in [9.17, 15) is 4.39 Å². The Labute approximate surface area is 100 Å². The summed E-state index contributed by atoms with van der Waals surface area (Å²) in [6.45, 7) is 5.17. The van der Waals surface area contributed by atoms with Gasteiger partial charge in [0.15, 0.2) is 0 Å². The maximum Gasteiger partial charge on any atom is 0.127 e. The van der Waals surface area contributed by atoms with E-state index < -0.39 is 0 Å². The van der Waals surface area contributed by atoms with Crippen molar-refractivity contribution in [1.29, 1.82) is 0 Å². The highest BCUT2D eigenvalue weighted by molar-refractivity contribution is 5.23. The number of aryl methyl sites for hydroxylation is 2. The number of H-pyrrole nitrogens is 1. The lowest BCUT2D eigenvalue weighted by molar-refractivity contribution is 0.587. The summed E-state index contributed by atoms with van der Waals surface area (Å²) in [7, 11) is 0. The molecular formula is C13H16FN3. The van der Waals surface area contributed by atoms with Crippen LogP contribution in [0.5, 0.6) is 0 Å². The van der Waals surface area contributed by atoms with Crippen molar-refractivity contribution in [1.82, 2.24) is 15.5 Å². The standard InChI is InChI=1S/C13H16FN3/c1-9-12(10(2)17-16-9)8-15-7-11-5-3-4-6-13(11)14/h3-6,15H,7-8H2,1-2H3,(H,16,17). The molecular weight excluding hydrogens is 217 g/mol. The molecule has 90 valence electrons. The molecule has 3 nitrogen and oxygen atoms in total. The molecule has 4 heteroatoms. The van der Waals surface area contributed by atoms with Crippen LogP contribution in [0.3, 0.4) is 0 Å². The lowest BCUT2D eigenvalue weighted by atomic mass is 10.2. The van der Waals surface area contributed by atoms with Gasteiger partial charge in [0.05, 0.1) is 5.69 Å². The minimum absolute atomic E-state index is 0.166. The number of nitrogens with zero attached hydrogens (tertiary/aromatic N) is 1. The zero-order chi connectivity index (χ0) is 12.3. The molecule has 0 saturated heterocycles. The van der Waals surface area contributed by atoms with Crippen molar-refractivity contribution in [3.8, 4) is 0 Å². The summed E-state index contributed by atoms with van der Waals surface area (Å²) >= 11 is 0. The summed E-state index contributed by atoms with van der Waals surface area (Å²) in [4.78, 5) is 0. The van der Waals surface area contributed by atoms with Crippen molar-refractivity contribution in [2.45, 2.75) is 26.9 Å². The lowest BCUT2D eigenvalue weighted by Gasteiger charge is -2.06. The molecule has 17 heavy (non-hydrogen) atoms. The molecule has 0 unspecified atom stereocenters. The number of halogens is 1. The van der Waals surface area contributed by atoms with Gasteiger partial charge in [-0.3, -0.25) is 5.10 Å². The van der Waals surface area contributed by atoms with Gasteiger partial charge in [-0.15, -0.1) is 0 Å². The van der Waals surface area contributed by atoms with Crippen LogP contribution in [0, 0.1) is 19.7 Å². The van der Waals surface area contributed by atoms with Crippen LogP contribution < -0.4 is 5.32 Å². The molecule has 0 aliphatic carbocycles. The largest absolute Gasteiger partial charge is 0.308 e. The number of hydrogen-bond acceptors (Lipinski definition) is 2. The summed E-state index contributed by atoms with van der Waals surface area (Å²) in [5.41, 5.74) is 3.89. The van der Waals surface area contributed by atoms with Crippen molar-refractivity contribution < 1.29 is 4.39 Å². The van der Waals surface area contributed by atoms with Gasteiger partial charge in [0.25, 0.3) is 0 Å². The van der Waals surface area contributed by atoms with Crippen LogP contribution in [-0.2, 0) is 13.1 Å². The van der Waals surface area contributed by atoms with Crippen molar-refractivity contribution in [2.75, 3.05) is 0 Å². The van der Waals surface area contributed by atoms with Crippen LogP contribution in [0.25, 0.3) is 0 Å². The molecule has 0 aliphatic heterocycles. The Balaban J connectivity index is 1.95. The Kier molecular flexibility index (Phi) is 3.54. The first-order valence-electron chi connectivity index (χ1n) is 5.63. The zero-order valence-electron chi connectivity index (χ0n) is 10.0. The van der Waals surface area contributed by atoms with Gasteiger partial charge in [-0.2, -0.15) is 5.10 Å². The SMILES string of the molecule is Cc1n[nH]c(C)c1CNCc1ccccc1F. The first-order valence-corrected chi connectivity index (χ1v) is 5.63. The fourth-order valence-corrected chi connectivity index (χ4v) is 1.80. The summed E-state index contributed by atoms with van der Waals surface area (Å²) in [6.07, 6.45) is 0. The molecule has 0 fully saturated rings. The minimum atomic E-state index is -0.166. The maximum absolute atomic E-state index is 13.4. The van der Waals surface area contributed by atoms with E-state index in [-0.39, 0.29) is 5.82 Å². The Morgan fingerprint density at radius 1 is 1.24 bits per heavy atom. The lowest BCUT2D eigenvalue weighted by Crippen LogP contribution is -2.14. The predicted molar refractivity (Wildman–Crippen MR) is 65.0 cm³/mol. The zero-order valence-corrected chi connectivity index (χ0v) is 10.0. The first-order chi connectivity index (χ1) is 8.18. The molecule has 0 saturated carbocycles. The van der Waals surface area contributed by atoms with Crippen LogP contribution in [-0.4, -0.2) is 10.2 Å². The Morgan fingerprint density at radius 2 is 2.00 bits per heavy atom. The van der Waals surface area contributed by atoms with Gasteiger partial charge in [0.2, 0.25) is 0 Å². The molecule has 0 amide bonds. The molecule has 1 aromatic heterocycles. The number of aromatic amines is 1. The highest BCUT2D eigenvalue weighted by Crippen LogP contribution is 2.10. The van der Waals surface area contributed by atoms with Gasteiger partial charge in [0.1, 0.15) is 5.82 Å². The first kappa shape index (κ1) is 11.8. The van der Waals surface area contributed by atoms with Crippen LogP contribution in [0.1, 0.15) is 22.5 Å². The second kappa shape index (κ2) is 5.10. The number of rotatable bonds is 4. The molecule has 0 atom stereocenters. The third-order valence-corrected chi connectivity index (χ3v) is 2.86. The molecule has 2 rings (SSSR count). The average Bonchev–Trinajstić information content (AvgIpc) is 2.63. The number of benzene rings is 1. The van der Waals surface area contributed by atoms with Crippen molar-refractivity contribution >= 4 is 0 Å². The average molecular weight is 233 g/mol. The van der Waals surface area contributed by atoms with Crippen LogP contribution >= 0.6 is 0 Å². The molecule has 0 radical (unpaired) electrons. The maximum atomic E-state index is 13.4. The molecule has 0 aliphatic rings. The van der Waals surface area contributed by atoms with Crippen molar-refractivity contribution in [3.63, 3.8) is 0 Å². The van der Waals surface area contributed by atoms with E-state index in [1.165, 1.54) is 6.07 Å². The fraction of sp³-hybridized carbons (Fsp3) is 0.308. The Morgan fingerprint density at radius 3 is 2.65 bits per heavy atom. The van der Waals surface area contributed by atoms with Gasteiger partial charge in [-0.1, -0.05) is 18.2 Å².